The van der Waals surface area contributed by atoms with Crippen LogP contribution >= 0.6 is 0 Å². The first-order valence-corrected chi connectivity index (χ1v) is 5.84. The lowest BCUT2D eigenvalue weighted by Gasteiger charge is -2.16. The molecule has 1 unspecified atom stereocenters. The average molecular weight is 284 g/mol. The zero-order chi connectivity index (χ0) is 14.4. The Hall–Kier alpha value is -2.01. The molecule has 108 valence electrons. The Labute approximate surface area is 110 Å². The number of aliphatic hydroxyl groups is 3. The fraction of sp³-hybridized carbons (Fsp3) is 0.500. The number of imidazole rings is 1. The van der Waals surface area contributed by atoms with Gasteiger partial charge in [-0.1, -0.05) is 0 Å². The highest BCUT2D eigenvalue weighted by molar-refractivity contribution is 5.68. The second kappa shape index (κ2) is 4.52. The quantitative estimate of drug-likeness (QED) is 0.394. The fourth-order valence-electron chi connectivity index (χ4n) is 2.25. The first-order valence-electron chi connectivity index (χ1n) is 5.84. The highest BCUT2D eigenvalue weighted by atomic mass is 16.6. The molecule has 1 aliphatic heterocycles. The fourth-order valence-corrected chi connectivity index (χ4v) is 2.25. The Morgan fingerprint density at radius 2 is 2.05 bits per heavy atom. The van der Waals surface area contributed by atoms with Gasteiger partial charge in [0.25, 0.3) is 5.56 Å². The third kappa shape index (κ3) is 1.78. The summed E-state index contributed by atoms with van der Waals surface area (Å²) in [6, 6.07) is 0. The van der Waals surface area contributed by atoms with Gasteiger partial charge in [0.1, 0.15) is 24.0 Å². The van der Waals surface area contributed by atoms with Crippen LogP contribution in [0.4, 0.5) is 0 Å². The molecule has 20 heavy (non-hydrogen) atoms. The number of aliphatic hydroxyl groups excluding tert-OH is 3. The lowest BCUT2D eigenvalue weighted by atomic mass is 10.1. The molecule has 1 fully saturated rings. The Kier molecular flexibility index (Phi) is 2.94. The molecule has 0 aromatic carbocycles. The highest BCUT2D eigenvalue weighted by Gasteiger charge is 2.43. The van der Waals surface area contributed by atoms with Crippen molar-refractivity contribution in [2.24, 2.45) is 0 Å². The number of nitrogens with zero attached hydrogens (tertiary/aromatic N) is 2. The smallest absolute Gasteiger partial charge is 0.327 e. The summed E-state index contributed by atoms with van der Waals surface area (Å²) in [5.41, 5.74) is -1.36. The van der Waals surface area contributed by atoms with Crippen LogP contribution in [0.15, 0.2) is 15.9 Å². The minimum absolute atomic E-state index is 0.0256. The molecule has 1 saturated heterocycles. The van der Waals surface area contributed by atoms with E-state index in [1.165, 1.54) is 10.9 Å². The maximum absolute atomic E-state index is 11.6. The second-order valence-corrected chi connectivity index (χ2v) is 4.49. The summed E-state index contributed by atoms with van der Waals surface area (Å²) in [6.07, 6.45) is -3.43. The number of rotatable bonds is 2. The molecule has 10 nitrogen and oxygen atoms in total. The van der Waals surface area contributed by atoms with Crippen molar-refractivity contribution in [1.29, 1.82) is 0 Å². The van der Waals surface area contributed by atoms with Crippen molar-refractivity contribution < 1.29 is 20.1 Å². The molecule has 0 radical (unpaired) electrons. The van der Waals surface area contributed by atoms with Crippen molar-refractivity contribution in [3.63, 3.8) is 0 Å². The van der Waals surface area contributed by atoms with E-state index in [9.17, 15) is 19.8 Å². The van der Waals surface area contributed by atoms with Crippen molar-refractivity contribution >= 4 is 11.2 Å². The zero-order valence-corrected chi connectivity index (χ0v) is 10.1. The molecule has 0 amide bonds. The molecule has 10 heteroatoms. The molecule has 3 heterocycles. The predicted molar refractivity (Wildman–Crippen MR) is 64.0 cm³/mol. The Bertz CT molecular complexity index is 748. The van der Waals surface area contributed by atoms with Gasteiger partial charge in [-0.2, -0.15) is 0 Å². The van der Waals surface area contributed by atoms with Crippen molar-refractivity contribution in [2.45, 2.75) is 24.5 Å². The number of hydrogen-bond acceptors (Lipinski definition) is 7. The summed E-state index contributed by atoms with van der Waals surface area (Å²) in [5.74, 6) is 0. The van der Waals surface area contributed by atoms with Crippen LogP contribution in [0.1, 0.15) is 6.23 Å². The molecule has 0 bridgehead atoms. The van der Waals surface area contributed by atoms with Gasteiger partial charge < -0.3 is 20.1 Å². The van der Waals surface area contributed by atoms with Crippen LogP contribution in [-0.4, -0.2) is 59.8 Å². The molecule has 0 saturated carbocycles. The van der Waals surface area contributed by atoms with Crippen molar-refractivity contribution in [3.05, 3.63) is 27.2 Å². The first-order chi connectivity index (χ1) is 9.52. The molecule has 3 rings (SSSR count). The van der Waals surface area contributed by atoms with Crippen molar-refractivity contribution in [1.82, 2.24) is 19.5 Å². The number of ether oxygens (including phenoxy) is 1. The second-order valence-electron chi connectivity index (χ2n) is 4.49. The number of hydrogen-bond donors (Lipinski definition) is 5. The van der Waals surface area contributed by atoms with E-state index >= 15 is 0 Å². The average Bonchev–Trinajstić information content (AvgIpc) is 2.93. The van der Waals surface area contributed by atoms with Crippen molar-refractivity contribution in [2.75, 3.05) is 6.61 Å². The third-order valence-electron chi connectivity index (χ3n) is 3.26. The van der Waals surface area contributed by atoms with E-state index < -0.39 is 42.4 Å². The normalized spacial score (nSPS) is 30.1. The van der Waals surface area contributed by atoms with Gasteiger partial charge in [-0.05, 0) is 0 Å². The minimum Gasteiger partial charge on any atom is -0.394 e. The number of H-pyrrole nitrogens is 2. The predicted octanol–water partition coefficient (Wildman–Crippen LogP) is -2.98. The van der Waals surface area contributed by atoms with Crippen molar-refractivity contribution in [3.8, 4) is 0 Å². The largest absolute Gasteiger partial charge is 0.394 e. The maximum atomic E-state index is 11.6. The van der Waals surface area contributed by atoms with Gasteiger partial charge >= 0.3 is 5.69 Å². The summed E-state index contributed by atoms with van der Waals surface area (Å²) >= 11 is 0. The van der Waals surface area contributed by atoms with Gasteiger partial charge in [0.15, 0.2) is 11.7 Å². The minimum atomic E-state index is -1.33. The van der Waals surface area contributed by atoms with Gasteiger partial charge in [0.2, 0.25) is 0 Å². The van der Waals surface area contributed by atoms with E-state index in [0.29, 0.717) is 0 Å². The maximum Gasteiger partial charge on any atom is 0.327 e. The summed E-state index contributed by atoms with van der Waals surface area (Å²) in [6.45, 7) is -0.474. The molecule has 5 N–H and O–H groups in total. The number of aromatic nitrogens is 4. The van der Waals surface area contributed by atoms with E-state index in [-0.39, 0.29) is 11.2 Å². The molecule has 0 spiro atoms. The van der Waals surface area contributed by atoms with Gasteiger partial charge in [0, 0.05) is 0 Å². The monoisotopic (exact) mass is 284 g/mol. The van der Waals surface area contributed by atoms with Crippen LogP contribution in [0.2, 0.25) is 0 Å². The topological polar surface area (TPSA) is 153 Å². The Morgan fingerprint density at radius 1 is 1.30 bits per heavy atom. The van der Waals surface area contributed by atoms with Gasteiger partial charge in [-0.25, -0.2) is 9.78 Å². The lowest BCUT2D eigenvalue weighted by Crippen LogP contribution is -2.33. The van der Waals surface area contributed by atoms with Crippen LogP contribution in [0.5, 0.6) is 0 Å². The number of nitrogens with one attached hydrogen (secondary N) is 2. The number of aromatic amines is 2. The first kappa shape index (κ1) is 13.0. The van der Waals surface area contributed by atoms with E-state index in [1.807, 2.05) is 4.98 Å². The van der Waals surface area contributed by atoms with Gasteiger partial charge in [0.05, 0.1) is 12.9 Å². The van der Waals surface area contributed by atoms with Crippen LogP contribution in [0.25, 0.3) is 11.2 Å². The molecule has 2 aromatic rings. The van der Waals surface area contributed by atoms with E-state index in [4.69, 9.17) is 9.84 Å². The third-order valence-corrected chi connectivity index (χ3v) is 3.26. The summed E-state index contributed by atoms with van der Waals surface area (Å²) in [5, 5.41) is 28.7. The molecular formula is C10H12N4O6. The molecular weight excluding hydrogens is 272 g/mol. The zero-order valence-electron chi connectivity index (χ0n) is 10.1. The molecule has 4 atom stereocenters. The van der Waals surface area contributed by atoms with Crippen LogP contribution < -0.4 is 11.2 Å². The SMILES string of the molecule is O=c1[nH]c(=O)c2ncn([C@@H]3O[C@H](CO)C(O)[C@@H]3O)c2[nH]1. The molecule has 1 aliphatic rings. The van der Waals surface area contributed by atoms with Crippen LogP contribution in [-0.2, 0) is 4.74 Å². The van der Waals surface area contributed by atoms with E-state index in [2.05, 4.69) is 9.97 Å². The highest BCUT2D eigenvalue weighted by Crippen LogP contribution is 2.30. The Morgan fingerprint density at radius 3 is 2.70 bits per heavy atom. The van der Waals surface area contributed by atoms with E-state index in [1.54, 1.807) is 0 Å². The van der Waals surface area contributed by atoms with Gasteiger partial charge in [-0.15, -0.1) is 0 Å². The Balaban J connectivity index is 2.12. The van der Waals surface area contributed by atoms with Gasteiger partial charge in [-0.3, -0.25) is 19.3 Å². The number of fused-ring (bicyclic) bond motifs is 1. The van der Waals surface area contributed by atoms with Crippen LogP contribution in [0.3, 0.4) is 0 Å². The summed E-state index contributed by atoms with van der Waals surface area (Å²) < 4.78 is 6.54. The standard InChI is InChI=1S/C10H12N4O6/c15-1-3-5(16)6(17)9(20-3)14-2-11-4-7(14)12-10(19)13-8(4)18/h2-3,5-6,9,15-17H,1H2,(H2,12,13,18,19)/t3-,5?,6+,9-/m1/s1. The summed E-state index contributed by atoms with van der Waals surface area (Å²) in [4.78, 5) is 31.1. The summed E-state index contributed by atoms with van der Waals surface area (Å²) in [7, 11) is 0. The van der Waals surface area contributed by atoms with Crippen LogP contribution in [0, 0.1) is 0 Å². The molecule has 0 aliphatic carbocycles. The lowest BCUT2D eigenvalue weighted by molar-refractivity contribution is -0.0511. The van der Waals surface area contributed by atoms with E-state index in [0.717, 1.165) is 0 Å². The molecule has 2 aromatic heterocycles.